The van der Waals surface area contributed by atoms with Crippen molar-refractivity contribution < 1.29 is 13.2 Å². The first-order valence-corrected chi connectivity index (χ1v) is 5.88. The van der Waals surface area contributed by atoms with Gasteiger partial charge in [-0.2, -0.15) is 0 Å². The van der Waals surface area contributed by atoms with Gasteiger partial charge < -0.3 is 10.5 Å². The zero-order chi connectivity index (χ0) is 9.24. The highest BCUT2D eigenvalue weighted by Crippen LogP contribution is 2.27. The molecule has 0 amide bonds. The largest absolute Gasteiger partial charge is 0.381 e. The first-order chi connectivity index (χ1) is 5.52. The van der Waals surface area contributed by atoms with Crippen LogP contribution in [0.4, 0.5) is 0 Å². The highest BCUT2D eigenvalue weighted by Gasteiger charge is 2.40. The van der Waals surface area contributed by atoms with Gasteiger partial charge in [-0.15, -0.1) is 12.4 Å². The second-order valence-corrected chi connectivity index (χ2v) is 5.68. The molecular weight excluding hydrogens is 214 g/mol. The van der Waals surface area contributed by atoms with Crippen LogP contribution in [-0.4, -0.2) is 39.2 Å². The Kier molecular flexibility index (Phi) is 4.65. The average molecular weight is 230 g/mol. The maximum absolute atomic E-state index is 11.4. The molecule has 1 fully saturated rings. The summed E-state index contributed by atoms with van der Waals surface area (Å²) in [6, 6.07) is 0. The van der Waals surface area contributed by atoms with Crippen LogP contribution in [0.3, 0.4) is 0 Å². The van der Waals surface area contributed by atoms with Crippen LogP contribution < -0.4 is 5.73 Å². The van der Waals surface area contributed by atoms with Gasteiger partial charge in [0.15, 0.2) is 9.84 Å². The minimum absolute atomic E-state index is 0. The van der Waals surface area contributed by atoms with Crippen LogP contribution in [-0.2, 0) is 14.6 Å². The number of hydrogen-bond donors (Lipinski definition) is 1. The quantitative estimate of drug-likeness (QED) is 0.722. The van der Waals surface area contributed by atoms with Crippen LogP contribution in [0.25, 0.3) is 0 Å². The molecule has 0 aromatic rings. The number of nitrogens with two attached hydrogens (primary N) is 1. The Bertz CT molecular complexity index is 246. The number of halogens is 1. The lowest BCUT2D eigenvalue weighted by molar-refractivity contribution is 0.0767. The Morgan fingerprint density at radius 3 is 2.08 bits per heavy atom. The minimum Gasteiger partial charge on any atom is -0.381 e. The lowest BCUT2D eigenvalue weighted by atomic mass is 9.99. The topological polar surface area (TPSA) is 69.4 Å². The van der Waals surface area contributed by atoms with Crippen molar-refractivity contribution in [3.8, 4) is 0 Å². The van der Waals surface area contributed by atoms with Gasteiger partial charge in [0.2, 0.25) is 0 Å². The normalized spacial score (nSPS) is 22.0. The van der Waals surface area contributed by atoms with Gasteiger partial charge in [0.05, 0.1) is 4.75 Å². The molecule has 1 heterocycles. The van der Waals surface area contributed by atoms with Gasteiger partial charge in [-0.05, 0) is 12.8 Å². The van der Waals surface area contributed by atoms with Crippen molar-refractivity contribution in [2.75, 3.05) is 26.0 Å². The predicted octanol–water partition coefficient (Wildman–Crippen LogP) is -0.0393. The molecule has 0 saturated carbocycles. The van der Waals surface area contributed by atoms with Crippen molar-refractivity contribution in [2.24, 2.45) is 5.73 Å². The molecule has 1 rings (SSSR count). The summed E-state index contributed by atoms with van der Waals surface area (Å²) in [5, 5.41) is 0. The summed E-state index contributed by atoms with van der Waals surface area (Å²) in [5.74, 6) is 0. The molecule has 0 unspecified atom stereocenters. The third-order valence-electron chi connectivity index (χ3n) is 2.56. The molecular formula is C7H16ClNO3S. The molecule has 0 aliphatic carbocycles. The number of hydrogen-bond acceptors (Lipinski definition) is 4. The van der Waals surface area contributed by atoms with E-state index in [4.69, 9.17) is 10.5 Å². The number of ether oxygens (including phenoxy) is 1. The van der Waals surface area contributed by atoms with Crippen LogP contribution in [0, 0.1) is 0 Å². The Morgan fingerprint density at radius 2 is 1.85 bits per heavy atom. The molecule has 1 aliphatic rings. The van der Waals surface area contributed by atoms with E-state index < -0.39 is 14.6 Å². The SMILES string of the molecule is CS(=O)(=O)C1(CN)CCOCC1.Cl. The monoisotopic (exact) mass is 229 g/mol. The van der Waals surface area contributed by atoms with Gasteiger partial charge >= 0.3 is 0 Å². The maximum atomic E-state index is 11.4. The van der Waals surface area contributed by atoms with Gasteiger partial charge in [0.25, 0.3) is 0 Å². The van der Waals surface area contributed by atoms with E-state index in [0.29, 0.717) is 26.1 Å². The Balaban J connectivity index is 0.00000144. The summed E-state index contributed by atoms with van der Waals surface area (Å²) in [6.07, 6.45) is 2.32. The standard InChI is InChI=1S/C7H15NO3S.ClH/c1-12(9,10)7(6-8)2-4-11-5-3-7;/h2-6,8H2,1H3;1H. The molecule has 80 valence electrons. The van der Waals surface area contributed by atoms with Gasteiger partial charge in [-0.3, -0.25) is 0 Å². The van der Waals surface area contributed by atoms with Crippen LogP contribution in [0.5, 0.6) is 0 Å². The van der Waals surface area contributed by atoms with Crippen LogP contribution in [0.1, 0.15) is 12.8 Å². The second kappa shape index (κ2) is 4.59. The second-order valence-electron chi connectivity index (χ2n) is 3.27. The number of rotatable bonds is 2. The molecule has 0 atom stereocenters. The Labute approximate surface area is 85.2 Å². The summed E-state index contributed by atoms with van der Waals surface area (Å²) in [5.41, 5.74) is 5.49. The summed E-state index contributed by atoms with van der Waals surface area (Å²) < 4.78 is 27.2. The summed E-state index contributed by atoms with van der Waals surface area (Å²) in [6.45, 7) is 1.21. The molecule has 0 radical (unpaired) electrons. The fourth-order valence-corrected chi connectivity index (χ4v) is 2.68. The third kappa shape index (κ3) is 2.56. The van der Waals surface area contributed by atoms with Gasteiger partial charge in [0, 0.05) is 26.0 Å². The molecule has 0 aromatic heterocycles. The van der Waals surface area contributed by atoms with Crippen molar-refractivity contribution in [2.45, 2.75) is 17.6 Å². The molecule has 1 saturated heterocycles. The molecule has 1 aliphatic heterocycles. The van der Waals surface area contributed by atoms with E-state index in [9.17, 15) is 8.42 Å². The first kappa shape index (κ1) is 13.2. The zero-order valence-electron chi connectivity index (χ0n) is 7.65. The average Bonchev–Trinajstić information content (AvgIpc) is 2.04. The number of sulfone groups is 1. The van der Waals surface area contributed by atoms with Gasteiger partial charge in [-0.1, -0.05) is 0 Å². The van der Waals surface area contributed by atoms with E-state index in [1.807, 2.05) is 0 Å². The molecule has 0 bridgehead atoms. The van der Waals surface area contributed by atoms with Crippen molar-refractivity contribution in [3.05, 3.63) is 0 Å². The van der Waals surface area contributed by atoms with Crippen LogP contribution >= 0.6 is 12.4 Å². The predicted molar refractivity (Wildman–Crippen MR) is 53.9 cm³/mol. The molecule has 13 heavy (non-hydrogen) atoms. The lowest BCUT2D eigenvalue weighted by Crippen LogP contribution is -2.49. The van der Waals surface area contributed by atoms with Gasteiger partial charge in [0.1, 0.15) is 0 Å². The summed E-state index contributed by atoms with van der Waals surface area (Å²) >= 11 is 0. The smallest absolute Gasteiger partial charge is 0.154 e. The third-order valence-corrected chi connectivity index (χ3v) is 4.71. The molecule has 2 N–H and O–H groups in total. The van der Waals surface area contributed by atoms with E-state index in [1.54, 1.807) is 0 Å². The van der Waals surface area contributed by atoms with E-state index in [-0.39, 0.29) is 19.0 Å². The highest BCUT2D eigenvalue weighted by atomic mass is 35.5. The van der Waals surface area contributed by atoms with E-state index in [0.717, 1.165) is 0 Å². The lowest BCUT2D eigenvalue weighted by Gasteiger charge is -2.33. The first-order valence-electron chi connectivity index (χ1n) is 3.99. The van der Waals surface area contributed by atoms with E-state index >= 15 is 0 Å². The zero-order valence-corrected chi connectivity index (χ0v) is 9.29. The summed E-state index contributed by atoms with van der Waals surface area (Å²) in [4.78, 5) is 0. The fourth-order valence-electron chi connectivity index (χ4n) is 1.47. The molecule has 0 aromatic carbocycles. The van der Waals surface area contributed by atoms with Gasteiger partial charge in [-0.25, -0.2) is 8.42 Å². The highest BCUT2D eigenvalue weighted by molar-refractivity contribution is 7.92. The summed E-state index contributed by atoms with van der Waals surface area (Å²) in [7, 11) is -3.04. The van der Waals surface area contributed by atoms with E-state index in [2.05, 4.69) is 0 Å². The van der Waals surface area contributed by atoms with Crippen LogP contribution in [0.2, 0.25) is 0 Å². The fraction of sp³-hybridized carbons (Fsp3) is 1.00. The Morgan fingerprint density at radius 1 is 1.38 bits per heavy atom. The molecule has 4 nitrogen and oxygen atoms in total. The minimum atomic E-state index is -3.04. The van der Waals surface area contributed by atoms with E-state index in [1.165, 1.54) is 6.26 Å². The van der Waals surface area contributed by atoms with Crippen molar-refractivity contribution >= 4 is 22.2 Å². The van der Waals surface area contributed by atoms with Crippen molar-refractivity contribution in [3.63, 3.8) is 0 Å². The maximum Gasteiger partial charge on any atom is 0.154 e. The van der Waals surface area contributed by atoms with Crippen LogP contribution in [0.15, 0.2) is 0 Å². The van der Waals surface area contributed by atoms with Crippen molar-refractivity contribution in [1.29, 1.82) is 0 Å². The van der Waals surface area contributed by atoms with Crippen molar-refractivity contribution in [1.82, 2.24) is 0 Å². The molecule has 0 spiro atoms. The molecule has 6 heteroatoms. The Hall–Kier alpha value is 0.160.